The minimum absolute atomic E-state index is 0.0612. The van der Waals surface area contributed by atoms with Crippen LogP contribution in [0.5, 0.6) is 11.5 Å². The van der Waals surface area contributed by atoms with Gasteiger partial charge in [-0.1, -0.05) is 18.2 Å². The van der Waals surface area contributed by atoms with E-state index in [9.17, 15) is 10.2 Å². The van der Waals surface area contributed by atoms with Gasteiger partial charge < -0.3 is 20.4 Å². The van der Waals surface area contributed by atoms with Gasteiger partial charge in [-0.05, 0) is 44.8 Å². The van der Waals surface area contributed by atoms with E-state index in [1.807, 2.05) is 39.2 Å². The van der Waals surface area contributed by atoms with Gasteiger partial charge in [-0.3, -0.25) is 0 Å². The molecule has 21 heavy (non-hydrogen) atoms. The minimum atomic E-state index is -0.0612. The molecule has 0 saturated heterocycles. The number of rotatable bonds is 5. The van der Waals surface area contributed by atoms with Gasteiger partial charge in [0.05, 0.1) is 6.04 Å². The highest BCUT2D eigenvalue weighted by Gasteiger charge is 2.12. The molecular weight excluding hydrogens is 264 g/mol. The fraction of sp³-hybridized carbons (Fsp3) is 0.294. The maximum atomic E-state index is 9.95. The first kappa shape index (κ1) is 15.2. The van der Waals surface area contributed by atoms with Crippen molar-refractivity contribution in [2.45, 2.75) is 19.5 Å². The Morgan fingerprint density at radius 2 is 1.81 bits per heavy atom. The van der Waals surface area contributed by atoms with Gasteiger partial charge in [-0.2, -0.15) is 0 Å². The molecule has 0 amide bonds. The molecule has 0 heterocycles. The predicted octanol–water partition coefficient (Wildman–Crippen LogP) is 3.33. The van der Waals surface area contributed by atoms with Gasteiger partial charge >= 0.3 is 0 Å². The lowest BCUT2D eigenvalue weighted by atomic mass is 10.1. The summed E-state index contributed by atoms with van der Waals surface area (Å²) in [5.41, 5.74) is 3.01. The molecular formula is C17H22N2O2. The lowest BCUT2D eigenvalue weighted by molar-refractivity contribution is 0.403. The number of nitrogens with one attached hydrogen (secondary N) is 1. The second-order valence-corrected chi connectivity index (χ2v) is 5.50. The van der Waals surface area contributed by atoms with E-state index in [0.717, 1.165) is 17.8 Å². The molecule has 1 atom stereocenters. The number of anilines is 1. The number of nitrogens with zero attached hydrogens (tertiary/aromatic N) is 1. The molecule has 2 rings (SSSR count). The third-order valence-corrected chi connectivity index (χ3v) is 3.36. The topological polar surface area (TPSA) is 55.7 Å². The van der Waals surface area contributed by atoms with Crippen LogP contribution in [0.3, 0.4) is 0 Å². The molecule has 0 aliphatic carbocycles. The largest absolute Gasteiger partial charge is 0.508 e. The summed E-state index contributed by atoms with van der Waals surface area (Å²) >= 11 is 0. The number of benzene rings is 2. The van der Waals surface area contributed by atoms with Crippen molar-refractivity contribution >= 4 is 5.69 Å². The molecule has 0 radical (unpaired) electrons. The Labute approximate surface area is 125 Å². The molecule has 0 spiro atoms. The lowest BCUT2D eigenvalue weighted by Gasteiger charge is -2.21. The Hall–Kier alpha value is -2.20. The molecule has 0 saturated carbocycles. The molecule has 0 aromatic heterocycles. The Kier molecular flexibility index (Phi) is 4.70. The van der Waals surface area contributed by atoms with Crippen LogP contribution in [-0.2, 0) is 6.54 Å². The molecule has 0 aliphatic heterocycles. The van der Waals surface area contributed by atoms with Gasteiger partial charge in [-0.25, -0.2) is 0 Å². The van der Waals surface area contributed by atoms with Crippen molar-refractivity contribution < 1.29 is 10.2 Å². The normalized spacial score (nSPS) is 12.4. The Morgan fingerprint density at radius 3 is 2.48 bits per heavy atom. The summed E-state index contributed by atoms with van der Waals surface area (Å²) in [6.07, 6.45) is 0. The summed E-state index contributed by atoms with van der Waals surface area (Å²) in [5, 5.41) is 22.7. The number of para-hydroxylation sites is 1. The Bertz CT molecular complexity index is 611. The van der Waals surface area contributed by atoms with E-state index in [-0.39, 0.29) is 17.5 Å². The van der Waals surface area contributed by atoms with Crippen molar-refractivity contribution in [3.8, 4) is 11.5 Å². The first-order chi connectivity index (χ1) is 9.97. The maximum absolute atomic E-state index is 9.95. The number of phenols is 2. The average molecular weight is 286 g/mol. The van der Waals surface area contributed by atoms with E-state index in [1.165, 1.54) is 11.6 Å². The summed E-state index contributed by atoms with van der Waals surface area (Å²) in [6, 6.07) is 12.7. The van der Waals surface area contributed by atoms with Gasteiger partial charge in [0, 0.05) is 23.9 Å². The number of phenolic OH excluding ortho intramolecular Hbond substituents is 2. The Balaban J connectivity index is 2.21. The van der Waals surface area contributed by atoms with Crippen molar-refractivity contribution in [1.29, 1.82) is 0 Å². The van der Waals surface area contributed by atoms with Crippen LogP contribution in [0.1, 0.15) is 24.1 Å². The van der Waals surface area contributed by atoms with E-state index in [2.05, 4.69) is 16.3 Å². The van der Waals surface area contributed by atoms with Crippen LogP contribution < -0.4 is 5.32 Å². The van der Waals surface area contributed by atoms with Crippen molar-refractivity contribution in [2.75, 3.05) is 19.4 Å². The smallest absolute Gasteiger partial charge is 0.124 e. The predicted molar refractivity (Wildman–Crippen MR) is 85.6 cm³/mol. The van der Waals surface area contributed by atoms with E-state index in [4.69, 9.17) is 0 Å². The molecule has 2 aromatic rings. The van der Waals surface area contributed by atoms with Crippen LogP contribution in [0.25, 0.3) is 0 Å². The molecule has 0 bridgehead atoms. The summed E-state index contributed by atoms with van der Waals surface area (Å²) in [5.74, 6) is 0.163. The quantitative estimate of drug-likeness (QED) is 0.789. The Morgan fingerprint density at radius 1 is 1.10 bits per heavy atom. The zero-order chi connectivity index (χ0) is 15.4. The number of aromatic hydroxyl groups is 2. The van der Waals surface area contributed by atoms with Crippen molar-refractivity contribution in [1.82, 2.24) is 4.90 Å². The van der Waals surface area contributed by atoms with E-state index < -0.39 is 0 Å². The highest BCUT2D eigenvalue weighted by Crippen LogP contribution is 2.30. The van der Waals surface area contributed by atoms with Crippen LogP contribution in [0.15, 0.2) is 42.5 Å². The summed E-state index contributed by atoms with van der Waals surface area (Å²) < 4.78 is 0. The van der Waals surface area contributed by atoms with Gasteiger partial charge in [0.25, 0.3) is 0 Å². The first-order valence-electron chi connectivity index (χ1n) is 6.98. The van der Waals surface area contributed by atoms with Gasteiger partial charge in [0.15, 0.2) is 0 Å². The van der Waals surface area contributed by atoms with Gasteiger partial charge in [0.1, 0.15) is 11.5 Å². The van der Waals surface area contributed by atoms with Gasteiger partial charge in [0.2, 0.25) is 0 Å². The number of hydrogen-bond donors (Lipinski definition) is 3. The minimum Gasteiger partial charge on any atom is -0.508 e. The molecule has 1 unspecified atom stereocenters. The summed E-state index contributed by atoms with van der Waals surface area (Å²) in [7, 11) is 4.07. The van der Waals surface area contributed by atoms with E-state index >= 15 is 0 Å². The second kappa shape index (κ2) is 6.50. The standard InChI is InChI=1S/C17H22N2O2/c1-12(15-9-8-14(20)10-17(15)21)18-16-7-5-4-6-13(16)11-19(2)3/h4-10,12,18,20-21H,11H2,1-3H3. The average Bonchev–Trinajstić information content (AvgIpc) is 2.40. The summed E-state index contributed by atoms with van der Waals surface area (Å²) in [6.45, 7) is 2.83. The zero-order valence-electron chi connectivity index (χ0n) is 12.7. The molecule has 2 aromatic carbocycles. The molecule has 4 heteroatoms. The third kappa shape index (κ3) is 3.89. The van der Waals surface area contributed by atoms with Gasteiger partial charge in [-0.15, -0.1) is 0 Å². The lowest BCUT2D eigenvalue weighted by Crippen LogP contribution is -2.14. The van der Waals surface area contributed by atoms with Crippen LogP contribution in [0, 0.1) is 0 Å². The van der Waals surface area contributed by atoms with Crippen LogP contribution in [0.4, 0.5) is 5.69 Å². The molecule has 0 aliphatic rings. The SMILES string of the molecule is CC(Nc1ccccc1CN(C)C)c1ccc(O)cc1O. The molecule has 0 fully saturated rings. The van der Waals surface area contributed by atoms with Crippen molar-refractivity contribution in [3.63, 3.8) is 0 Å². The van der Waals surface area contributed by atoms with Crippen LogP contribution in [0.2, 0.25) is 0 Å². The maximum Gasteiger partial charge on any atom is 0.124 e. The van der Waals surface area contributed by atoms with Crippen LogP contribution >= 0.6 is 0 Å². The van der Waals surface area contributed by atoms with E-state index in [1.54, 1.807) is 12.1 Å². The molecule has 3 N–H and O–H groups in total. The number of hydrogen-bond acceptors (Lipinski definition) is 4. The fourth-order valence-electron chi connectivity index (χ4n) is 2.35. The molecule has 112 valence electrons. The van der Waals surface area contributed by atoms with Crippen LogP contribution in [-0.4, -0.2) is 29.2 Å². The van der Waals surface area contributed by atoms with Crippen molar-refractivity contribution in [2.24, 2.45) is 0 Å². The fourth-order valence-corrected chi connectivity index (χ4v) is 2.35. The van der Waals surface area contributed by atoms with Crippen molar-refractivity contribution in [3.05, 3.63) is 53.6 Å². The zero-order valence-corrected chi connectivity index (χ0v) is 12.7. The monoisotopic (exact) mass is 286 g/mol. The highest BCUT2D eigenvalue weighted by molar-refractivity contribution is 5.54. The third-order valence-electron chi connectivity index (χ3n) is 3.36. The molecule has 4 nitrogen and oxygen atoms in total. The second-order valence-electron chi connectivity index (χ2n) is 5.50. The first-order valence-corrected chi connectivity index (χ1v) is 6.98. The highest BCUT2D eigenvalue weighted by atomic mass is 16.3. The van der Waals surface area contributed by atoms with E-state index in [0.29, 0.717) is 0 Å². The summed E-state index contributed by atoms with van der Waals surface area (Å²) in [4.78, 5) is 2.11.